The lowest BCUT2D eigenvalue weighted by Crippen LogP contribution is -2.22. The summed E-state index contributed by atoms with van der Waals surface area (Å²) in [6, 6.07) is 12.6. The zero-order valence-corrected chi connectivity index (χ0v) is 17.0. The summed E-state index contributed by atoms with van der Waals surface area (Å²) < 4.78 is 0. The Labute approximate surface area is 183 Å². The summed E-state index contributed by atoms with van der Waals surface area (Å²) in [4.78, 5) is 28.9. The molecule has 0 atom stereocenters. The van der Waals surface area contributed by atoms with Gasteiger partial charge in [0, 0.05) is 34.8 Å². The molecule has 5 rings (SSSR count). The summed E-state index contributed by atoms with van der Waals surface area (Å²) in [5.74, 6) is -1.31. The van der Waals surface area contributed by atoms with Gasteiger partial charge in [0.15, 0.2) is 5.78 Å². The zero-order valence-electron chi connectivity index (χ0n) is 17.0. The molecule has 3 aromatic carbocycles. The molecule has 0 spiro atoms. The van der Waals surface area contributed by atoms with E-state index in [0.717, 1.165) is 16.5 Å². The van der Waals surface area contributed by atoms with E-state index in [1.54, 1.807) is 18.2 Å². The van der Waals surface area contributed by atoms with Crippen molar-refractivity contribution in [1.29, 1.82) is 0 Å². The number of ketones is 2. The Morgan fingerprint density at radius 3 is 2.50 bits per heavy atom. The third kappa shape index (κ3) is 3.19. The first-order valence-corrected chi connectivity index (χ1v) is 10.2. The number of H-pyrrole nitrogens is 1. The first kappa shape index (κ1) is 19.8. The van der Waals surface area contributed by atoms with E-state index in [2.05, 4.69) is 10.3 Å². The molecule has 0 saturated carbocycles. The number of phenolic OH excluding ortho intramolecular Hbond substituents is 3. The lowest BCUT2D eigenvalue weighted by atomic mass is 9.82. The second-order valence-corrected chi connectivity index (χ2v) is 7.87. The molecule has 1 heterocycles. The van der Waals surface area contributed by atoms with Crippen molar-refractivity contribution < 1.29 is 24.9 Å². The molecular formula is C25H20N2O5. The Morgan fingerprint density at radius 2 is 1.66 bits per heavy atom. The summed E-state index contributed by atoms with van der Waals surface area (Å²) in [7, 11) is 0. The van der Waals surface area contributed by atoms with Crippen LogP contribution in [0, 0.1) is 0 Å². The normalized spacial score (nSPS) is 12.8. The number of aromatic nitrogens is 1. The second kappa shape index (κ2) is 7.55. The number of nitrogens with one attached hydrogen (secondary N) is 2. The highest BCUT2D eigenvalue weighted by Gasteiger charge is 2.34. The molecule has 1 aromatic heterocycles. The predicted molar refractivity (Wildman–Crippen MR) is 118 cm³/mol. The third-order valence-electron chi connectivity index (χ3n) is 5.81. The number of fused-ring (bicyclic) bond motifs is 3. The van der Waals surface area contributed by atoms with Crippen LogP contribution in [-0.4, -0.2) is 38.4 Å². The van der Waals surface area contributed by atoms with Gasteiger partial charge in [0.25, 0.3) is 0 Å². The van der Waals surface area contributed by atoms with E-state index in [1.165, 1.54) is 24.3 Å². The fourth-order valence-corrected chi connectivity index (χ4v) is 4.27. The zero-order chi connectivity index (χ0) is 22.4. The first-order chi connectivity index (χ1) is 15.4. The highest BCUT2D eigenvalue weighted by atomic mass is 16.3. The average molecular weight is 428 g/mol. The number of rotatable bonds is 5. The van der Waals surface area contributed by atoms with Gasteiger partial charge in [-0.05, 0) is 60.5 Å². The van der Waals surface area contributed by atoms with Gasteiger partial charge in [-0.1, -0.05) is 12.1 Å². The van der Waals surface area contributed by atoms with E-state index in [1.807, 2.05) is 12.3 Å². The molecule has 160 valence electrons. The molecule has 0 fully saturated rings. The quantitative estimate of drug-likeness (QED) is 0.274. The molecule has 0 unspecified atom stereocenters. The molecule has 7 heteroatoms. The molecule has 0 radical (unpaired) electrons. The number of carbonyl (C=O) groups is 2. The van der Waals surface area contributed by atoms with Crippen molar-refractivity contribution in [2.75, 3.05) is 6.54 Å². The Morgan fingerprint density at radius 1 is 0.844 bits per heavy atom. The Balaban J connectivity index is 1.33. The van der Waals surface area contributed by atoms with Crippen LogP contribution < -0.4 is 5.32 Å². The van der Waals surface area contributed by atoms with Gasteiger partial charge in [0.1, 0.15) is 17.2 Å². The summed E-state index contributed by atoms with van der Waals surface area (Å²) in [6.07, 6.45) is 2.62. The van der Waals surface area contributed by atoms with Crippen molar-refractivity contribution in [3.63, 3.8) is 0 Å². The van der Waals surface area contributed by atoms with Gasteiger partial charge < -0.3 is 25.6 Å². The predicted octanol–water partition coefficient (Wildman–Crippen LogP) is 3.39. The SMILES string of the molecule is O=C1c2cccc(O)c2C(=O)c2c(O)cc(CNCCc3c[nH]c4ccc(O)cc34)cc21. The Kier molecular flexibility index (Phi) is 4.68. The van der Waals surface area contributed by atoms with E-state index in [-0.39, 0.29) is 39.5 Å². The first-order valence-electron chi connectivity index (χ1n) is 10.2. The summed E-state index contributed by atoms with van der Waals surface area (Å²) in [5.41, 5.74) is 2.80. The van der Waals surface area contributed by atoms with E-state index >= 15 is 0 Å². The van der Waals surface area contributed by atoms with Crippen LogP contribution in [0.15, 0.2) is 54.7 Å². The molecule has 0 saturated heterocycles. The van der Waals surface area contributed by atoms with E-state index in [9.17, 15) is 24.9 Å². The van der Waals surface area contributed by atoms with Crippen molar-refractivity contribution >= 4 is 22.5 Å². The highest BCUT2D eigenvalue weighted by Crippen LogP contribution is 2.37. The molecule has 32 heavy (non-hydrogen) atoms. The van der Waals surface area contributed by atoms with Crippen molar-refractivity contribution in [2.24, 2.45) is 0 Å². The third-order valence-corrected chi connectivity index (χ3v) is 5.81. The molecule has 0 amide bonds. The minimum Gasteiger partial charge on any atom is -0.508 e. The van der Waals surface area contributed by atoms with Crippen LogP contribution in [0.25, 0.3) is 10.9 Å². The van der Waals surface area contributed by atoms with Crippen LogP contribution in [0.4, 0.5) is 0 Å². The van der Waals surface area contributed by atoms with E-state index < -0.39 is 11.6 Å². The topological polar surface area (TPSA) is 123 Å². The maximum absolute atomic E-state index is 12.9. The number of hydrogen-bond donors (Lipinski definition) is 5. The van der Waals surface area contributed by atoms with E-state index in [0.29, 0.717) is 25.1 Å². The smallest absolute Gasteiger partial charge is 0.201 e. The van der Waals surface area contributed by atoms with E-state index in [4.69, 9.17) is 0 Å². The molecule has 1 aliphatic carbocycles. The van der Waals surface area contributed by atoms with Crippen molar-refractivity contribution in [2.45, 2.75) is 13.0 Å². The molecule has 7 nitrogen and oxygen atoms in total. The number of aromatic amines is 1. The minimum atomic E-state index is -0.563. The second-order valence-electron chi connectivity index (χ2n) is 7.87. The van der Waals surface area contributed by atoms with Gasteiger partial charge in [0.05, 0.1) is 11.1 Å². The molecular weight excluding hydrogens is 408 g/mol. The number of carbonyl (C=O) groups excluding carboxylic acids is 2. The van der Waals surface area contributed by atoms with Gasteiger partial charge in [0.2, 0.25) is 5.78 Å². The van der Waals surface area contributed by atoms with Gasteiger partial charge in [-0.15, -0.1) is 0 Å². The van der Waals surface area contributed by atoms with Crippen LogP contribution in [0.2, 0.25) is 0 Å². The number of phenols is 3. The van der Waals surface area contributed by atoms with Crippen molar-refractivity contribution in [3.8, 4) is 17.2 Å². The highest BCUT2D eigenvalue weighted by molar-refractivity contribution is 6.30. The standard InChI is InChI=1S/C25H20N2O5/c28-15-4-5-19-17(10-15)14(12-27-19)6-7-26-11-13-8-18-23(21(30)9-13)25(32)22-16(24(18)31)2-1-3-20(22)29/h1-5,8-10,12,26-30H,6-7,11H2. The van der Waals surface area contributed by atoms with Gasteiger partial charge in [-0.25, -0.2) is 0 Å². The van der Waals surface area contributed by atoms with Crippen LogP contribution >= 0.6 is 0 Å². The lowest BCUT2D eigenvalue weighted by Gasteiger charge is -2.20. The maximum atomic E-state index is 12.9. The Bertz CT molecular complexity index is 1400. The molecule has 1 aliphatic rings. The Hall–Kier alpha value is -4.10. The maximum Gasteiger partial charge on any atom is 0.201 e. The molecule has 4 aromatic rings. The molecule has 0 bridgehead atoms. The monoisotopic (exact) mass is 428 g/mol. The summed E-state index contributed by atoms with van der Waals surface area (Å²) in [6.45, 7) is 1.02. The molecule has 5 N–H and O–H groups in total. The van der Waals surface area contributed by atoms with Crippen LogP contribution in [-0.2, 0) is 13.0 Å². The van der Waals surface area contributed by atoms with Crippen molar-refractivity contribution in [3.05, 3.63) is 88.1 Å². The minimum absolute atomic E-state index is 0.0732. The van der Waals surface area contributed by atoms with Gasteiger partial charge in [-0.3, -0.25) is 9.59 Å². The number of benzene rings is 3. The molecule has 0 aliphatic heterocycles. The number of aromatic hydroxyl groups is 3. The number of hydrogen-bond acceptors (Lipinski definition) is 6. The fourth-order valence-electron chi connectivity index (χ4n) is 4.27. The fraction of sp³-hybridized carbons (Fsp3) is 0.120. The van der Waals surface area contributed by atoms with Gasteiger partial charge >= 0.3 is 0 Å². The largest absolute Gasteiger partial charge is 0.508 e. The summed E-state index contributed by atoms with van der Waals surface area (Å²) in [5, 5.41) is 34.5. The van der Waals surface area contributed by atoms with Crippen LogP contribution in [0.1, 0.15) is 43.0 Å². The van der Waals surface area contributed by atoms with Gasteiger partial charge in [-0.2, -0.15) is 0 Å². The average Bonchev–Trinajstić information content (AvgIpc) is 3.16. The lowest BCUT2D eigenvalue weighted by molar-refractivity contribution is 0.0974. The van der Waals surface area contributed by atoms with Crippen LogP contribution in [0.3, 0.4) is 0 Å². The van der Waals surface area contributed by atoms with Crippen LogP contribution in [0.5, 0.6) is 17.2 Å². The summed E-state index contributed by atoms with van der Waals surface area (Å²) >= 11 is 0. The van der Waals surface area contributed by atoms with Crippen molar-refractivity contribution in [1.82, 2.24) is 10.3 Å².